The summed E-state index contributed by atoms with van der Waals surface area (Å²) in [6.07, 6.45) is 0. The maximum atomic E-state index is 3.45. The van der Waals surface area contributed by atoms with Crippen LogP contribution in [0.2, 0.25) is 0 Å². The third-order valence-electron chi connectivity index (χ3n) is 4.15. The minimum atomic E-state index is 0.359. The molecular formula is C15H24N2. The van der Waals surface area contributed by atoms with Crippen molar-refractivity contribution in [3.05, 3.63) is 35.9 Å². The lowest BCUT2D eigenvalue weighted by molar-refractivity contribution is 0.232. The first-order valence-electron chi connectivity index (χ1n) is 6.51. The maximum absolute atomic E-state index is 3.45. The monoisotopic (exact) mass is 232 g/mol. The molecule has 1 aromatic rings. The van der Waals surface area contributed by atoms with Crippen LogP contribution in [0.25, 0.3) is 0 Å². The van der Waals surface area contributed by atoms with E-state index < -0.39 is 0 Å². The van der Waals surface area contributed by atoms with Gasteiger partial charge in [0.1, 0.15) is 0 Å². The molecule has 17 heavy (non-hydrogen) atoms. The predicted molar refractivity (Wildman–Crippen MR) is 73.1 cm³/mol. The van der Waals surface area contributed by atoms with Gasteiger partial charge in [-0.3, -0.25) is 4.90 Å². The zero-order chi connectivity index (χ0) is 12.5. The SMILES string of the molecule is CN[C@@H]1CN([C@H](C)c2ccccc2)CC1(C)C. The maximum Gasteiger partial charge on any atom is 0.0320 e. The molecule has 0 radical (unpaired) electrons. The second-order valence-corrected chi connectivity index (χ2v) is 5.85. The second-order valence-electron chi connectivity index (χ2n) is 5.85. The molecule has 1 aromatic carbocycles. The molecule has 0 aromatic heterocycles. The van der Waals surface area contributed by atoms with Gasteiger partial charge in [0.25, 0.3) is 0 Å². The van der Waals surface area contributed by atoms with Crippen LogP contribution in [0.4, 0.5) is 0 Å². The van der Waals surface area contributed by atoms with Gasteiger partial charge in [-0.2, -0.15) is 0 Å². The smallest absolute Gasteiger partial charge is 0.0320 e. The lowest BCUT2D eigenvalue weighted by Gasteiger charge is -2.26. The molecule has 0 amide bonds. The Morgan fingerprint density at radius 3 is 2.47 bits per heavy atom. The minimum absolute atomic E-state index is 0.359. The van der Waals surface area contributed by atoms with Gasteiger partial charge in [-0.1, -0.05) is 44.2 Å². The van der Waals surface area contributed by atoms with Crippen LogP contribution in [0.5, 0.6) is 0 Å². The third kappa shape index (κ3) is 2.53. The molecule has 1 N–H and O–H groups in total. The largest absolute Gasteiger partial charge is 0.315 e. The van der Waals surface area contributed by atoms with Crippen molar-refractivity contribution in [3.8, 4) is 0 Å². The Morgan fingerprint density at radius 1 is 1.29 bits per heavy atom. The van der Waals surface area contributed by atoms with Crippen molar-refractivity contribution in [2.75, 3.05) is 20.1 Å². The van der Waals surface area contributed by atoms with Gasteiger partial charge in [0.15, 0.2) is 0 Å². The third-order valence-corrected chi connectivity index (χ3v) is 4.15. The van der Waals surface area contributed by atoms with Crippen molar-refractivity contribution in [1.82, 2.24) is 10.2 Å². The van der Waals surface area contributed by atoms with Gasteiger partial charge in [-0.05, 0) is 24.9 Å². The average molecular weight is 232 g/mol. The molecule has 1 heterocycles. The Labute approximate surface area is 105 Å². The summed E-state index contributed by atoms with van der Waals surface area (Å²) in [5.41, 5.74) is 1.78. The van der Waals surface area contributed by atoms with E-state index in [0.717, 1.165) is 13.1 Å². The van der Waals surface area contributed by atoms with Crippen LogP contribution in [-0.2, 0) is 0 Å². The number of likely N-dealkylation sites (tertiary alicyclic amines) is 1. The molecule has 0 saturated carbocycles. The molecule has 1 aliphatic heterocycles. The van der Waals surface area contributed by atoms with E-state index in [-0.39, 0.29) is 0 Å². The van der Waals surface area contributed by atoms with Gasteiger partial charge < -0.3 is 5.32 Å². The number of likely N-dealkylation sites (N-methyl/N-ethyl adjacent to an activating group) is 1. The van der Waals surface area contributed by atoms with E-state index in [1.54, 1.807) is 0 Å². The molecule has 2 heteroatoms. The van der Waals surface area contributed by atoms with E-state index in [4.69, 9.17) is 0 Å². The molecule has 0 bridgehead atoms. The van der Waals surface area contributed by atoms with Gasteiger partial charge in [0.2, 0.25) is 0 Å². The average Bonchev–Trinajstić information content (AvgIpc) is 2.64. The lowest BCUT2D eigenvalue weighted by Crippen LogP contribution is -2.38. The molecular weight excluding hydrogens is 208 g/mol. The van der Waals surface area contributed by atoms with Crippen molar-refractivity contribution in [3.63, 3.8) is 0 Å². The van der Waals surface area contributed by atoms with Gasteiger partial charge in [-0.25, -0.2) is 0 Å². The lowest BCUT2D eigenvalue weighted by atomic mass is 9.88. The fourth-order valence-corrected chi connectivity index (χ4v) is 2.90. The van der Waals surface area contributed by atoms with Gasteiger partial charge in [0, 0.05) is 25.2 Å². The number of hydrogen-bond acceptors (Lipinski definition) is 2. The summed E-state index contributed by atoms with van der Waals surface area (Å²) in [6, 6.07) is 11.9. The van der Waals surface area contributed by atoms with Crippen molar-refractivity contribution >= 4 is 0 Å². The standard InChI is InChI=1S/C15H24N2/c1-12(13-8-6-5-7-9-13)17-10-14(16-4)15(2,3)11-17/h5-9,12,14,16H,10-11H2,1-4H3/t12-,14-/m1/s1. The van der Waals surface area contributed by atoms with E-state index in [1.165, 1.54) is 5.56 Å². The molecule has 1 saturated heterocycles. The summed E-state index contributed by atoms with van der Waals surface area (Å²) in [6.45, 7) is 9.31. The summed E-state index contributed by atoms with van der Waals surface area (Å²) in [7, 11) is 2.07. The molecule has 94 valence electrons. The number of nitrogens with zero attached hydrogens (tertiary/aromatic N) is 1. The Balaban J connectivity index is 2.10. The Bertz CT molecular complexity index is 358. The van der Waals surface area contributed by atoms with Crippen LogP contribution in [0, 0.1) is 5.41 Å². The topological polar surface area (TPSA) is 15.3 Å². The first kappa shape index (κ1) is 12.6. The molecule has 1 fully saturated rings. The van der Waals surface area contributed by atoms with Crippen molar-refractivity contribution in [2.45, 2.75) is 32.9 Å². The summed E-state index contributed by atoms with van der Waals surface area (Å²) >= 11 is 0. The Morgan fingerprint density at radius 2 is 1.94 bits per heavy atom. The van der Waals surface area contributed by atoms with Crippen LogP contribution in [0.1, 0.15) is 32.4 Å². The summed E-state index contributed by atoms with van der Waals surface area (Å²) in [5, 5.41) is 3.45. The van der Waals surface area contributed by atoms with Crippen molar-refractivity contribution in [1.29, 1.82) is 0 Å². The highest BCUT2D eigenvalue weighted by atomic mass is 15.2. The zero-order valence-electron chi connectivity index (χ0n) is 11.4. The summed E-state index contributed by atoms with van der Waals surface area (Å²) < 4.78 is 0. The highest BCUT2D eigenvalue weighted by Crippen LogP contribution is 2.34. The summed E-state index contributed by atoms with van der Waals surface area (Å²) in [5.74, 6) is 0. The van der Waals surface area contributed by atoms with E-state index in [1.807, 2.05) is 0 Å². The Kier molecular flexibility index (Phi) is 3.55. The highest BCUT2D eigenvalue weighted by Gasteiger charge is 2.39. The second kappa shape index (κ2) is 4.79. The van der Waals surface area contributed by atoms with Crippen LogP contribution in [0.3, 0.4) is 0 Å². The normalized spacial score (nSPS) is 26.0. The molecule has 0 unspecified atom stereocenters. The van der Waals surface area contributed by atoms with Gasteiger partial charge >= 0.3 is 0 Å². The molecule has 0 aliphatic carbocycles. The van der Waals surface area contributed by atoms with Gasteiger partial charge in [-0.15, -0.1) is 0 Å². The quantitative estimate of drug-likeness (QED) is 0.862. The summed E-state index contributed by atoms with van der Waals surface area (Å²) in [4.78, 5) is 2.58. The minimum Gasteiger partial charge on any atom is -0.315 e. The van der Waals surface area contributed by atoms with Crippen molar-refractivity contribution in [2.24, 2.45) is 5.41 Å². The van der Waals surface area contributed by atoms with E-state index in [0.29, 0.717) is 17.5 Å². The zero-order valence-corrected chi connectivity index (χ0v) is 11.4. The molecule has 2 nitrogen and oxygen atoms in total. The van der Waals surface area contributed by atoms with Gasteiger partial charge in [0.05, 0.1) is 0 Å². The number of benzene rings is 1. The molecule has 1 aliphatic rings. The molecule has 2 atom stereocenters. The molecule has 0 spiro atoms. The fourth-order valence-electron chi connectivity index (χ4n) is 2.90. The first-order chi connectivity index (χ1) is 8.04. The number of rotatable bonds is 3. The molecule has 2 rings (SSSR count). The predicted octanol–water partition coefficient (Wildman–Crippen LogP) is 2.68. The highest BCUT2D eigenvalue weighted by molar-refractivity contribution is 5.19. The van der Waals surface area contributed by atoms with Crippen molar-refractivity contribution < 1.29 is 0 Å². The van der Waals surface area contributed by atoms with Crippen LogP contribution >= 0.6 is 0 Å². The first-order valence-corrected chi connectivity index (χ1v) is 6.51. The van der Waals surface area contributed by atoms with Crippen LogP contribution in [0.15, 0.2) is 30.3 Å². The fraction of sp³-hybridized carbons (Fsp3) is 0.600. The number of hydrogen-bond donors (Lipinski definition) is 1. The van der Waals surface area contributed by atoms with Crippen LogP contribution < -0.4 is 5.32 Å². The van der Waals surface area contributed by atoms with E-state index >= 15 is 0 Å². The van der Waals surface area contributed by atoms with E-state index in [2.05, 4.69) is 68.4 Å². The number of nitrogens with one attached hydrogen (secondary N) is 1. The Hall–Kier alpha value is -0.860. The van der Waals surface area contributed by atoms with E-state index in [9.17, 15) is 0 Å². The van der Waals surface area contributed by atoms with Crippen LogP contribution in [-0.4, -0.2) is 31.1 Å².